The molecule has 0 fully saturated rings. The van der Waals surface area contributed by atoms with E-state index in [-0.39, 0.29) is 40.9 Å². The van der Waals surface area contributed by atoms with E-state index < -0.39 is 29.0 Å². The third-order valence-electron chi connectivity index (χ3n) is 4.71. The van der Waals surface area contributed by atoms with Gasteiger partial charge in [0.15, 0.2) is 0 Å². The largest absolute Gasteiger partial charge is 0.506 e. The maximum Gasteiger partial charge on any atom is 0.247 e. The van der Waals surface area contributed by atoms with Crippen LogP contribution in [0.4, 0.5) is 11.4 Å². The first kappa shape index (κ1) is 23.4. The van der Waals surface area contributed by atoms with Gasteiger partial charge in [0.05, 0.1) is 20.3 Å². The van der Waals surface area contributed by atoms with Crippen LogP contribution >= 0.6 is 0 Å². The number of phenols is 2. The van der Waals surface area contributed by atoms with Crippen molar-refractivity contribution in [3.63, 3.8) is 0 Å². The van der Waals surface area contributed by atoms with Gasteiger partial charge < -0.3 is 25.2 Å². The number of ether oxygens (including phenoxy) is 1. The van der Waals surface area contributed by atoms with Crippen LogP contribution in [0.1, 0.15) is 0 Å². The van der Waals surface area contributed by atoms with Gasteiger partial charge in [0, 0.05) is 30.6 Å². The van der Waals surface area contributed by atoms with Gasteiger partial charge in [-0.1, -0.05) is 30.3 Å². The van der Waals surface area contributed by atoms with Crippen LogP contribution in [0.2, 0.25) is 0 Å². The van der Waals surface area contributed by atoms with E-state index in [0.717, 1.165) is 15.8 Å². The van der Waals surface area contributed by atoms with E-state index >= 15 is 0 Å². The second-order valence-electron chi connectivity index (χ2n) is 6.70. The summed E-state index contributed by atoms with van der Waals surface area (Å²) < 4.78 is 32.0. The Labute approximate surface area is 184 Å². The van der Waals surface area contributed by atoms with E-state index in [4.69, 9.17) is 14.9 Å². The van der Waals surface area contributed by atoms with Crippen molar-refractivity contribution in [2.45, 2.75) is 4.90 Å². The van der Waals surface area contributed by atoms with Crippen molar-refractivity contribution in [1.29, 1.82) is 0 Å². The number of aliphatic hydroxyl groups is 2. The number of aliphatic hydroxyl groups excluding tert-OH is 2. The number of hydrogen-bond acceptors (Lipinski definition) is 9. The number of nitrogens with zero attached hydrogens (tertiary/aromatic N) is 3. The lowest BCUT2D eigenvalue weighted by atomic mass is 10.1. The average Bonchev–Trinajstić information content (AvgIpc) is 2.78. The van der Waals surface area contributed by atoms with E-state index in [9.17, 15) is 18.6 Å². The highest BCUT2D eigenvalue weighted by atomic mass is 32.2. The number of sulfonamides is 1. The van der Waals surface area contributed by atoms with Crippen LogP contribution in [0.5, 0.6) is 17.2 Å². The summed E-state index contributed by atoms with van der Waals surface area (Å²) in [5.74, 6) is -0.706. The fourth-order valence-corrected chi connectivity index (χ4v) is 4.73. The van der Waals surface area contributed by atoms with Crippen molar-refractivity contribution in [3.05, 3.63) is 48.5 Å². The molecule has 4 N–H and O–H groups in total. The molecule has 0 radical (unpaired) electrons. The summed E-state index contributed by atoms with van der Waals surface area (Å²) in [4.78, 5) is -0.355. The number of aromatic hydroxyl groups is 2. The van der Waals surface area contributed by atoms with Crippen molar-refractivity contribution in [1.82, 2.24) is 4.31 Å². The fourth-order valence-electron chi connectivity index (χ4n) is 3.15. The molecule has 0 atom stereocenters. The molecule has 0 heterocycles. The molecule has 0 saturated carbocycles. The number of benzene rings is 3. The maximum atomic E-state index is 13.0. The van der Waals surface area contributed by atoms with Crippen LogP contribution in [-0.4, -0.2) is 66.6 Å². The van der Waals surface area contributed by atoms with Crippen molar-refractivity contribution < 1.29 is 33.6 Å². The van der Waals surface area contributed by atoms with Crippen molar-refractivity contribution in [2.75, 3.05) is 33.4 Å². The van der Waals surface area contributed by atoms with Gasteiger partial charge in [0.2, 0.25) is 10.0 Å². The maximum absolute atomic E-state index is 13.0. The monoisotopic (exact) mass is 461 g/mol. The Morgan fingerprint density at radius 3 is 2.28 bits per heavy atom. The van der Waals surface area contributed by atoms with E-state index in [0.29, 0.717) is 5.39 Å². The number of rotatable bonds is 9. The molecule has 0 aliphatic heterocycles. The predicted molar refractivity (Wildman–Crippen MR) is 117 cm³/mol. The lowest BCUT2D eigenvalue weighted by Crippen LogP contribution is -2.36. The first-order chi connectivity index (χ1) is 15.3. The molecule has 32 heavy (non-hydrogen) atoms. The van der Waals surface area contributed by atoms with Crippen LogP contribution in [0, 0.1) is 0 Å². The molecule has 3 rings (SSSR count). The minimum atomic E-state index is -4.19. The molecule has 3 aromatic carbocycles. The minimum Gasteiger partial charge on any atom is -0.506 e. The molecular formula is C21H23N3O7S. The van der Waals surface area contributed by atoms with Gasteiger partial charge in [-0.25, -0.2) is 8.42 Å². The molecule has 10 nitrogen and oxygen atoms in total. The van der Waals surface area contributed by atoms with Gasteiger partial charge in [0.25, 0.3) is 0 Å². The zero-order valence-corrected chi connectivity index (χ0v) is 18.0. The van der Waals surface area contributed by atoms with Crippen LogP contribution in [-0.2, 0) is 10.0 Å². The fraction of sp³-hybridized carbons (Fsp3) is 0.238. The quantitative estimate of drug-likeness (QED) is 0.357. The Bertz CT molecular complexity index is 1240. The normalized spacial score (nSPS) is 12.1. The van der Waals surface area contributed by atoms with E-state index in [2.05, 4.69) is 10.2 Å². The van der Waals surface area contributed by atoms with Crippen molar-refractivity contribution in [2.24, 2.45) is 10.2 Å². The van der Waals surface area contributed by atoms with Crippen LogP contribution in [0.25, 0.3) is 10.8 Å². The van der Waals surface area contributed by atoms with Crippen LogP contribution in [0.15, 0.2) is 63.7 Å². The Morgan fingerprint density at radius 1 is 0.938 bits per heavy atom. The zero-order valence-electron chi connectivity index (χ0n) is 17.2. The standard InChI is InChI=1S/C21H23N3O7S/c1-31-19-12-16(18(28)13-20(19)32(29,30)24(8-10-25)9-11-26)22-23-21-15-5-3-2-4-14(15)6-7-17(21)27/h2-7,12-13,25-28H,8-11H2,1H3. The molecular weight excluding hydrogens is 438 g/mol. The SMILES string of the molecule is COc1cc(N=Nc2c(O)ccc3ccccc23)c(O)cc1S(=O)(=O)N(CCO)CCO. The van der Waals surface area contributed by atoms with Crippen LogP contribution in [0.3, 0.4) is 0 Å². The second-order valence-corrected chi connectivity index (χ2v) is 8.60. The third kappa shape index (κ3) is 4.65. The Kier molecular flexibility index (Phi) is 7.26. The highest BCUT2D eigenvalue weighted by Crippen LogP contribution is 2.40. The minimum absolute atomic E-state index is 0.0796. The molecule has 0 saturated heterocycles. The smallest absolute Gasteiger partial charge is 0.247 e. The highest BCUT2D eigenvalue weighted by Gasteiger charge is 2.28. The summed E-state index contributed by atoms with van der Waals surface area (Å²) >= 11 is 0. The number of fused-ring (bicyclic) bond motifs is 1. The first-order valence-electron chi connectivity index (χ1n) is 9.58. The lowest BCUT2D eigenvalue weighted by molar-refractivity contribution is 0.217. The Morgan fingerprint density at radius 2 is 1.62 bits per heavy atom. The van der Waals surface area contributed by atoms with Gasteiger partial charge in [0.1, 0.15) is 33.5 Å². The number of azo groups is 1. The van der Waals surface area contributed by atoms with Gasteiger partial charge in [-0.3, -0.25) is 0 Å². The summed E-state index contributed by atoms with van der Waals surface area (Å²) in [6, 6.07) is 12.6. The summed E-state index contributed by atoms with van der Waals surface area (Å²) in [6.07, 6.45) is 0. The van der Waals surface area contributed by atoms with Gasteiger partial charge in [-0.15, -0.1) is 10.2 Å². The van der Waals surface area contributed by atoms with Gasteiger partial charge in [-0.05, 0) is 11.5 Å². The molecule has 0 aromatic heterocycles. The number of hydrogen-bond donors (Lipinski definition) is 4. The number of methoxy groups -OCH3 is 1. The van der Waals surface area contributed by atoms with E-state index in [1.54, 1.807) is 18.2 Å². The molecule has 0 bridgehead atoms. The van der Waals surface area contributed by atoms with Crippen molar-refractivity contribution in [3.8, 4) is 17.2 Å². The second kappa shape index (κ2) is 9.92. The third-order valence-corrected chi connectivity index (χ3v) is 6.63. The first-order valence-corrected chi connectivity index (χ1v) is 11.0. The molecule has 0 unspecified atom stereocenters. The Hall–Kier alpha value is -3.25. The molecule has 0 amide bonds. The molecule has 0 spiro atoms. The Balaban J connectivity index is 2.05. The van der Waals surface area contributed by atoms with Gasteiger partial charge in [-0.2, -0.15) is 4.31 Å². The lowest BCUT2D eigenvalue weighted by Gasteiger charge is -2.21. The van der Waals surface area contributed by atoms with Crippen LogP contribution < -0.4 is 4.74 Å². The van der Waals surface area contributed by atoms with Gasteiger partial charge >= 0.3 is 0 Å². The summed E-state index contributed by atoms with van der Waals surface area (Å²) in [5.41, 5.74) is 0.110. The summed E-state index contributed by atoms with van der Waals surface area (Å²) in [7, 11) is -2.94. The molecule has 3 aromatic rings. The van der Waals surface area contributed by atoms with E-state index in [1.807, 2.05) is 12.1 Å². The topological polar surface area (TPSA) is 152 Å². The molecule has 170 valence electrons. The zero-order chi connectivity index (χ0) is 23.3. The van der Waals surface area contributed by atoms with Crippen molar-refractivity contribution >= 4 is 32.2 Å². The highest BCUT2D eigenvalue weighted by molar-refractivity contribution is 7.89. The summed E-state index contributed by atoms with van der Waals surface area (Å²) in [6.45, 7) is -1.38. The molecule has 0 aliphatic carbocycles. The van der Waals surface area contributed by atoms with E-state index in [1.165, 1.54) is 19.2 Å². The summed E-state index contributed by atoms with van der Waals surface area (Å²) in [5, 5.41) is 48.5. The predicted octanol–water partition coefficient (Wildman–Crippen LogP) is 2.65. The average molecular weight is 461 g/mol. The molecule has 0 aliphatic rings. The number of phenolic OH excluding ortho intramolecular Hbond substituents is 2. The molecule has 11 heteroatoms.